The molecule has 0 aliphatic rings. The second-order valence-electron chi connectivity index (χ2n) is 4.74. The van der Waals surface area contributed by atoms with Crippen molar-refractivity contribution in [2.24, 2.45) is 0 Å². The van der Waals surface area contributed by atoms with E-state index in [0.717, 1.165) is 12.8 Å². The van der Waals surface area contributed by atoms with Crippen LogP contribution >= 0.6 is 7.82 Å². The molecular weight excluding hydrogens is 286 g/mol. The number of phosphoric ester groups is 1. The molecule has 2 N–H and O–H groups in total. The van der Waals surface area contributed by atoms with Crippen molar-refractivity contribution in [2.45, 2.75) is 51.9 Å². The van der Waals surface area contributed by atoms with Crippen LogP contribution in [0.5, 0.6) is 5.75 Å². The van der Waals surface area contributed by atoms with E-state index in [1.54, 1.807) is 12.1 Å². The van der Waals surface area contributed by atoms with Gasteiger partial charge in [0, 0.05) is 0 Å². The molecule has 6 heteroatoms. The third-order valence-electron chi connectivity index (χ3n) is 2.97. The maximum Gasteiger partial charge on any atom is 1.00 e. The molecule has 20 heavy (non-hydrogen) atoms. The van der Waals surface area contributed by atoms with Gasteiger partial charge >= 0.3 is 37.4 Å². The van der Waals surface area contributed by atoms with Crippen LogP contribution in [0, 0.1) is 0 Å². The molecule has 0 unspecified atom stereocenters. The van der Waals surface area contributed by atoms with Gasteiger partial charge in [-0.3, -0.25) is 9.79 Å². The first kappa shape index (κ1) is 20.2. The van der Waals surface area contributed by atoms with Crippen molar-refractivity contribution in [1.82, 2.24) is 0 Å². The first-order valence-electron chi connectivity index (χ1n) is 6.85. The summed E-state index contributed by atoms with van der Waals surface area (Å²) in [4.78, 5) is 17.3. The molecule has 1 aromatic carbocycles. The van der Waals surface area contributed by atoms with Gasteiger partial charge in [0.1, 0.15) is 5.75 Å². The van der Waals surface area contributed by atoms with Gasteiger partial charge in [-0.2, -0.15) is 0 Å². The Morgan fingerprint density at radius 1 is 1.05 bits per heavy atom. The SMILES string of the molecule is CCCCCCCCc1ccc(OP(=O)(O)O)cc1.[H-].[Na+]. The molecule has 1 rings (SSSR count). The van der Waals surface area contributed by atoms with E-state index >= 15 is 0 Å². The fourth-order valence-electron chi connectivity index (χ4n) is 1.96. The Balaban J connectivity index is 0. The summed E-state index contributed by atoms with van der Waals surface area (Å²) in [5, 5.41) is 0. The zero-order valence-corrected chi connectivity index (χ0v) is 15.3. The van der Waals surface area contributed by atoms with Gasteiger partial charge in [-0.05, 0) is 30.5 Å². The number of benzene rings is 1. The molecule has 0 aromatic heterocycles. The van der Waals surface area contributed by atoms with Gasteiger partial charge in [0.15, 0.2) is 0 Å². The fourth-order valence-corrected chi connectivity index (χ4v) is 2.36. The summed E-state index contributed by atoms with van der Waals surface area (Å²) in [6.07, 6.45) is 8.57. The maximum atomic E-state index is 10.7. The second-order valence-corrected chi connectivity index (χ2v) is 5.91. The van der Waals surface area contributed by atoms with Crippen molar-refractivity contribution in [2.75, 3.05) is 0 Å². The average molecular weight is 310 g/mol. The van der Waals surface area contributed by atoms with E-state index in [1.165, 1.54) is 37.7 Å². The molecule has 0 saturated carbocycles. The quantitative estimate of drug-likeness (QED) is 0.408. The van der Waals surface area contributed by atoms with E-state index in [-0.39, 0.29) is 36.7 Å². The summed E-state index contributed by atoms with van der Waals surface area (Å²) in [6.45, 7) is 2.21. The third kappa shape index (κ3) is 9.98. The number of unbranched alkanes of at least 4 members (excludes halogenated alkanes) is 5. The van der Waals surface area contributed by atoms with Gasteiger partial charge in [-0.1, -0.05) is 51.2 Å². The van der Waals surface area contributed by atoms with Crippen LogP contribution in [0.2, 0.25) is 0 Å². The first-order valence-corrected chi connectivity index (χ1v) is 8.38. The zero-order chi connectivity index (χ0) is 14.1. The van der Waals surface area contributed by atoms with Crippen molar-refractivity contribution in [3.05, 3.63) is 29.8 Å². The molecule has 4 nitrogen and oxygen atoms in total. The minimum atomic E-state index is -4.44. The molecule has 0 fully saturated rings. The maximum absolute atomic E-state index is 10.7. The van der Waals surface area contributed by atoms with Crippen molar-refractivity contribution >= 4 is 7.82 Å². The Kier molecular flexibility index (Phi) is 10.9. The minimum Gasteiger partial charge on any atom is -1.00 e. The van der Waals surface area contributed by atoms with E-state index in [2.05, 4.69) is 11.4 Å². The van der Waals surface area contributed by atoms with E-state index < -0.39 is 7.82 Å². The Hall–Kier alpha value is 0.170. The van der Waals surface area contributed by atoms with Crippen LogP contribution in [0.15, 0.2) is 24.3 Å². The predicted molar refractivity (Wildman–Crippen MR) is 77.3 cm³/mol. The Morgan fingerprint density at radius 3 is 2.15 bits per heavy atom. The molecular formula is C14H24NaO4P. The van der Waals surface area contributed by atoms with Crippen LogP contribution in [0.25, 0.3) is 0 Å². The molecule has 0 radical (unpaired) electrons. The van der Waals surface area contributed by atoms with Crippen molar-refractivity contribution < 1.29 is 49.9 Å². The minimum absolute atomic E-state index is 0. The summed E-state index contributed by atoms with van der Waals surface area (Å²) in [6, 6.07) is 6.92. The topological polar surface area (TPSA) is 66.8 Å². The number of aryl methyl sites for hydroxylation is 1. The van der Waals surface area contributed by atoms with Gasteiger partial charge in [0.05, 0.1) is 0 Å². The van der Waals surface area contributed by atoms with E-state index in [9.17, 15) is 4.57 Å². The van der Waals surface area contributed by atoms with Crippen LogP contribution < -0.4 is 34.1 Å². The molecule has 0 heterocycles. The fraction of sp³-hybridized carbons (Fsp3) is 0.571. The molecule has 0 amide bonds. The van der Waals surface area contributed by atoms with Crippen LogP contribution in [0.3, 0.4) is 0 Å². The Bertz CT molecular complexity index is 408. The van der Waals surface area contributed by atoms with Crippen molar-refractivity contribution in [3.63, 3.8) is 0 Å². The number of rotatable bonds is 9. The normalized spacial score (nSPS) is 10.9. The van der Waals surface area contributed by atoms with Crippen molar-refractivity contribution in [3.8, 4) is 5.75 Å². The Morgan fingerprint density at radius 2 is 1.60 bits per heavy atom. The van der Waals surface area contributed by atoms with E-state index in [4.69, 9.17) is 9.79 Å². The smallest absolute Gasteiger partial charge is 1.00 e. The molecule has 0 saturated heterocycles. The summed E-state index contributed by atoms with van der Waals surface area (Å²) in [7, 11) is -4.44. The van der Waals surface area contributed by atoms with E-state index in [1.807, 2.05) is 12.1 Å². The molecule has 0 aliphatic carbocycles. The molecule has 0 bridgehead atoms. The monoisotopic (exact) mass is 310 g/mol. The Labute approximate surface area is 145 Å². The standard InChI is InChI=1S/C14H23O4P.Na.H/c1-2-3-4-5-6-7-8-13-9-11-14(12-10-13)18-19(15,16)17;;/h9-12H,2-8H2,1H3,(H2,15,16,17);;/q;+1;-1. The van der Waals surface area contributed by atoms with Crippen LogP contribution in [0.4, 0.5) is 0 Å². The number of hydrogen-bond donors (Lipinski definition) is 2. The first-order chi connectivity index (χ1) is 9.01. The number of phosphoric acid groups is 1. The molecule has 0 atom stereocenters. The molecule has 0 aliphatic heterocycles. The largest absolute Gasteiger partial charge is 1.00 e. The van der Waals surface area contributed by atoms with Gasteiger partial charge in [-0.15, -0.1) is 0 Å². The van der Waals surface area contributed by atoms with Gasteiger partial charge in [0.25, 0.3) is 0 Å². The molecule has 1 aromatic rings. The second kappa shape index (κ2) is 10.8. The number of hydrogen-bond acceptors (Lipinski definition) is 2. The van der Waals surface area contributed by atoms with Crippen molar-refractivity contribution in [1.29, 1.82) is 0 Å². The summed E-state index contributed by atoms with van der Waals surface area (Å²) in [5.41, 5.74) is 1.17. The van der Waals surface area contributed by atoms with Gasteiger partial charge in [0.2, 0.25) is 0 Å². The average Bonchev–Trinajstić information content (AvgIpc) is 2.34. The third-order valence-corrected chi connectivity index (χ3v) is 3.42. The van der Waals surface area contributed by atoms with Gasteiger partial charge in [-0.25, -0.2) is 4.57 Å². The van der Waals surface area contributed by atoms with Crippen LogP contribution in [-0.2, 0) is 11.0 Å². The summed E-state index contributed by atoms with van der Waals surface area (Å²) >= 11 is 0. The van der Waals surface area contributed by atoms with E-state index in [0.29, 0.717) is 0 Å². The summed E-state index contributed by atoms with van der Waals surface area (Å²) in [5.74, 6) is 0.208. The predicted octanol–water partition coefficient (Wildman–Crippen LogP) is 1.18. The van der Waals surface area contributed by atoms with Gasteiger partial charge < -0.3 is 5.95 Å². The summed E-state index contributed by atoms with van der Waals surface area (Å²) < 4.78 is 15.1. The zero-order valence-electron chi connectivity index (χ0n) is 13.4. The molecule has 110 valence electrons. The van der Waals surface area contributed by atoms with Crippen LogP contribution in [-0.4, -0.2) is 9.79 Å². The molecule has 0 spiro atoms. The van der Waals surface area contributed by atoms with Crippen LogP contribution in [0.1, 0.15) is 52.4 Å².